The summed E-state index contributed by atoms with van der Waals surface area (Å²) >= 11 is 1.10. The number of unbranched alkanes of at least 4 members (excludes halogenated alkanes) is 1. The van der Waals surface area contributed by atoms with Crippen LogP contribution in [0.3, 0.4) is 0 Å². The maximum absolute atomic E-state index is 12.5. The number of aromatic nitrogens is 2. The van der Waals surface area contributed by atoms with Gasteiger partial charge in [0.2, 0.25) is 5.91 Å². The first-order valence-electron chi connectivity index (χ1n) is 8.74. The number of anilines is 1. The number of carbonyl (C=O) groups excluding carboxylic acids is 1. The number of nitrogens with one attached hydrogen (secondary N) is 2. The third kappa shape index (κ3) is 5.81. The number of nitro benzene ring substituents is 1. The molecule has 1 aromatic heterocycles. The van der Waals surface area contributed by atoms with Gasteiger partial charge in [0, 0.05) is 23.9 Å². The number of aryl methyl sites for hydroxylation is 1. The van der Waals surface area contributed by atoms with Crippen molar-refractivity contribution in [3.8, 4) is 5.75 Å². The van der Waals surface area contributed by atoms with Crippen LogP contribution >= 0.6 is 11.8 Å². The second kappa shape index (κ2) is 9.88. The smallest absolute Gasteiger partial charge is 0.271 e. The molecule has 0 aliphatic carbocycles. The second-order valence-electron chi connectivity index (χ2n) is 6.04. The minimum Gasteiger partial charge on any atom is -0.495 e. The lowest BCUT2D eigenvalue weighted by Crippen LogP contribution is -2.23. The van der Waals surface area contributed by atoms with Crippen molar-refractivity contribution in [2.45, 2.75) is 43.5 Å². The number of nitrogens with zero attached hydrogens (tertiary/aromatic N) is 2. The summed E-state index contributed by atoms with van der Waals surface area (Å²) in [4.78, 5) is 41.8. The van der Waals surface area contributed by atoms with Crippen LogP contribution < -0.4 is 15.6 Å². The van der Waals surface area contributed by atoms with Crippen LogP contribution in [-0.2, 0) is 11.2 Å². The molecule has 10 heteroatoms. The SMILES string of the molecule is CCCCc1cc(=O)[nH]c(SC(C)C(=O)Nc2cc([N+](=O)[O-])ccc2OC)n1. The Balaban J connectivity index is 2.13. The molecule has 0 aliphatic heterocycles. The highest BCUT2D eigenvalue weighted by molar-refractivity contribution is 8.00. The summed E-state index contributed by atoms with van der Waals surface area (Å²) in [5, 5.41) is 13.3. The number of H-pyrrole nitrogens is 1. The van der Waals surface area contributed by atoms with Gasteiger partial charge in [-0.2, -0.15) is 0 Å². The van der Waals surface area contributed by atoms with Crippen LogP contribution in [0.4, 0.5) is 11.4 Å². The van der Waals surface area contributed by atoms with Gasteiger partial charge < -0.3 is 15.0 Å². The monoisotopic (exact) mass is 406 g/mol. The highest BCUT2D eigenvalue weighted by Gasteiger charge is 2.19. The summed E-state index contributed by atoms with van der Waals surface area (Å²) in [7, 11) is 1.41. The van der Waals surface area contributed by atoms with E-state index in [0.29, 0.717) is 23.0 Å². The Morgan fingerprint density at radius 2 is 2.18 bits per heavy atom. The van der Waals surface area contributed by atoms with E-state index < -0.39 is 16.1 Å². The number of benzene rings is 1. The zero-order valence-electron chi connectivity index (χ0n) is 15.9. The molecule has 0 fully saturated rings. The molecular formula is C18H22N4O5S. The number of methoxy groups -OCH3 is 1. The molecule has 2 rings (SSSR count). The number of aromatic amines is 1. The third-order valence-electron chi connectivity index (χ3n) is 3.87. The van der Waals surface area contributed by atoms with Crippen molar-refractivity contribution in [2.24, 2.45) is 0 Å². The molecule has 0 bridgehead atoms. The Bertz CT molecular complexity index is 915. The van der Waals surface area contributed by atoms with Crippen molar-refractivity contribution >= 4 is 29.0 Å². The molecule has 0 spiro atoms. The number of carbonyl (C=O) groups is 1. The van der Waals surface area contributed by atoms with Gasteiger partial charge in [-0.3, -0.25) is 19.7 Å². The van der Waals surface area contributed by atoms with Gasteiger partial charge in [0.15, 0.2) is 5.16 Å². The third-order valence-corrected chi connectivity index (χ3v) is 4.85. The molecule has 1 atom stereocenters. The van der Waals surface area contributed by atoms with Crippen LogP contribution in [0.1, 0.15) is 32.4 Å². The molecule has 0 radical (unpaired) electrons. The predicted octanol–water partition coefficient (Wildman–Crippen LogP) is 3.15. The maximum atomic E-state index is 12.5. The first-order valence-corrected chi connectivity index (χ1v) is 9.62. The van der Waals surface area contributed by atoms with Gasteiger partial charge in [0.05, 0.1) is 23.0 Å². The quantitative estimate of drug-likeness (QED) is 0.283. The Kier molecular flexibility index (Phi) is 7.56. The van der Waals surface area contributed by atoms with Gasteiger partial charge in [0.1, 0.15) is 5.75 Å². The molecule has 2 N–H and O–H groups in total. The lowest BCUT2D eigenvalue weighted by Gasteiger charge is -2.14. The van der Waals surface area contributed by atoms with Gasteiger partial charge in [-0.25, -0.2) is 4.98 Å². The molecule has 1 unspecified atom stereocenters. The molecule has 1 heterocycles. The number of rotatable bonds is 9. The van der Waals surface area contributed by atoms with E-state index in [1.807, 2.05) is 0 Å². The minimum atomic E-state index is -0.603. The molecule has 150 valence electrons. The molecular weight excluding hydrogens is 384 g/mol. The van der Waals surface area contributed by atoms with Crippen LogP contribution in [0.5, 0.6) is 5.75 Å². The molecule has 28 heavy (non-hydrogen) atoms. The van der Waals surface area contributed by atoms with Crippen molar-refractivity contribution in [2.75, 3.05) is 12.4 Å². The highest BCUT2D eigenvalue weighted by Crippen LogP contribution is 2.30. The number of hydrogen-bond donors (Lipinski definition) is 2. The topological polar surface area (TPSA) is 127 Å². The van der Waals surface area contributed by atoms with Crippen LogP contribution in [-0.4, -0.2) is 33.2 Å². The van der Waals surface area contributed by atoms with E-state index in [0.717, 1.165) is 24.6 Å². The lowest BCUT2D eigenvalue weighted by molar-refractivity contribution is -0.384. The van der Waals surface area contributed by atoms with Crippen LogP contribution in [0, 0.1) is 10.1 Å². The lowest BCUT2D eigenvalue weighted by atomic mass is 10.2. The number of amides is 1. The van der Waals surface area contributed by atoms with E-state index in [-0.39, 0.29) is 16.9 Å². The first-order chi connectivity index (χ1) is 13.3. The summed E-state index contributed by atoms with van der Waals surface area (Å²) in [5.41, 5.74) is 0.455. The van der Waals surface area contributed by atoms with Crippen molar-refractivity contribution in [3.63, 3.8) is 0 Å². The number of nitro groups is 1. The largest absolute Gasteiger partial charge is 0.495 e. The normalized spacial score (nSPS) is 11.7. The Morgan fingerprint density at radius 1 is 1.43 bits per heavy atom. The van der Waals surface area contributed by atoms with Crippen molar-refractivity contribution in [1.29, 1.82) is 0 Å². The van der Waals surface area contributed by atoms with E-state index >= 15 is 0 Å². The van der Waals surface area contributed by atoms with Crippen LogP contribution in [0.25, 0.3) is 0 Å². The predicted molar refractivity (Wildman–Crippen MR) is 107 cm³/mol. The summed E-state index contributed by atoms with van der Waals surface area (Å²) in [6, 6.07) is 5.41. The van der Waals surface area contributed by atoms with E-state index in [9.17, 15) is 19.7 Å². The second-order valence-corrected chi connectivity index (χ2v) is 7.37. The number of thioether (sulfide) groups is 1. The standard InChI is InChI=1S/C18H22N4O5S/c1-4-5-6-12-9-16(23)21-18(19-12)28-11(2)17(24)20-14-10-13(22(25)26)7-8-15(14)27-3/h7-11H,4-6H2,1-3H3,(H,20,24)(H,19,21,23). The first kappa shape index (κ1) is 21.4. The van der Waals surface area contributed by atoms with Crippen molar-refractivity contribution in [1.82, 2.24) is 9.97 Å². The molecule has 1 amide bonds. The molecule has 0 saturated carbocycles. The average Bonchev–Trinajstić information content (AvgIpc) is 2.65. The Labute approximate surface area is 166 Å². The van der Waals surface area contributed by atoms with E-state index in [1.165, 1.54) is 31.4 Å². The van der Waals surface area contributed by atoms with Crippen LogP contribution in [0.15, 0.2) is 34.2 Å². The fourth-order valence-corrected chi connectivity index (χ4v) is 3.22. The summed E-state index contributed by atoms with van der Waals surface area (Å²) in [6.07, 6.45) is 2.60. The molecule has 0 aliphatic rings. The average molecular weight is 406 g/mol. The van der Waals surface area contributed by atoms with Gasteiger partial charge in [0.25, 0.3) is 11.2 Å². The van der Waals surface area contributed by atoms with Crippen molar-refractivity contribution in [3.05, 3.63) is 50.4 Å². The zero-order chi connectivity index (χ0) is 20.7. The Hall–Kier alpha value is -2.88. The fourth-order valence-electron chi connectivity index (χ4n) is 2.39. The van der Waals surface area contributed by atoms with E-state index in [4.69, 9.17) is 4.74 Å². The summed E-state index contributed by atoms with van der Waals surface area (Å²) < 4.78 is 5.14. The molecule has 1 aromatic carbocycles. The Morgan fingerprint density at radius 3 is 2.82 bits per heavy atom. The van der Waals surface area contributed by atoms with Gasteiger partial charge >= 0.3 is 0 Å². The summed E-state index contributed by atoms with van der Waals surface area (Å²) in [5.74, 6) is -0.0883. The van der Waals surface area contributed by atoms with E-state index in [2.05, 4.69) is 22.2 Å². The van der Waals surface area contributed by atoms with Gasteiger partial charge in [-0.05, 0) is 25.8 Å². The fraction of sp³-hybridized carbons (Fsp3) is 0.389. The van der Waals surface area contributed by atoms with Gasteiger partial charge in [-0.15, -0.1) is 0 Å². The number of ether oxygens (including phenoxy) is 1. The minimum absolute atomic E-state index is 0.161. The molecule has 2 aromatic rings. The highest BCUT2D eigenvalue weighted by atomic mass is 32.2. The summed E-state index contributed by atoms with van der Waals surface area (Å²) in [6.45, 7) is 3.71. The molecule has 9 nitrogen and oxygen atoms in total. The van der Waals surface area contributed by atoms with Crippen LogP contribution in [0.2, 0.25) is 0 Å². The van der Waals surface area contributed by atoms with E-state index in [1.54, 1.807) is 6.92 Å². The number of non-ortho nitro benzene ring substituents is 1. The molecule has 0 saturated heterocycles. The zero-order valence-corrected chi connectivity index (χ0v) is 16.7. The van der Waals surface area contributed by atoms with Crippen molar-refractivity contribution < 1.29 is 14.5 Å². The maximum Gasteiger partial charge on any atom is 0.271 e. The van der Waals surface area contributed by atoms with Gasteiger partial charge in [-0.1, -0.05) is 25.1 Å². The number of hydrogen-bond acceptors (Lipinski definition) is 7.